The molecule has 0 aliphatic rings. The summed E-state index contributed by atoms with van der Waals surface area (Å²) in [4.78, 5) is 3.83. The van der Waals surface area contributed by atoms with E-state index in [0.717, 1.165) is 0 Å². The summed E-state index contributed by atoms with van der Waals surface area (Å²) in [5.41, 5.74) is 6.15. The summed E-state index contributed by atoms with van der Waals surface area (Å²) in [6.07, 6.45) is -3.82. The number of oxime groups is 1. The molecule has 0 bridgehead atoms. The summed E-state index contributed by atoms with van der Waals surface area (Å²) in [6.45, 7) is -0.408. The van der Waals surface area contributed by atoms with Gasteiger partial charge in [0.1, 0.15) is 5.69 Å². The third-order valence-electron chi connectivity index (χ3n) is 1.99. The molecule has 18 heavy (non-hydrogen) atoms. The molecule has 0 saturated heterocycles. The second kappa shape index (κ2) is 6.20. The van der Waals surface area contributed by atoms with Crippen LogP contribution in [0.25, 0.3) is 0 Å². The van der Waals surface area contributed by atoms with Gasteiger partial charge >= 0.3 is 6.18 Å². The quantitative estimate of drug-likeness (QED) is 0.278. The first-order valence-electron chi connectivity index (χ1n) is 4.99. The van der Waals surface area contributed by atoms with Crippen LogP contribution in [0.2, 0.25) is 0 Å². The number of amidine groups is 1. The highest BCUT2D eigenvalue weighted by atomic mass is 19.4. The first kappa shape index (κ1) is 14.2. The number of nitrogens with two attached hydrogens (primary N) is 1. The van der Waals surface area contributed by atoms with E-state index in [9.17, 15) is 13.2 Å². The predicted octanol–water partition coefficient (Wildman–Crippen LogP) is 1.65. The van der Waals surface area contributed by atoms with Crippen molar-refractivity contribution in [3.8, 4) is 0 Å². The van der Waals surface area contributed by atoms with Gasteiger partial charge in [0.25, 0.3) is 0 Å². The lowest BCUT2D eigenvalue weighted by Crippen LogP contribution is -2.15. The van der Waals surface area contributed by atoms with Crippen LogP contribution < -0.4 is 5.73 Å². The van der Waals surface area contributed by atoms with Crippen molar-refractivity contribution < 1.29 is 23.1 Å². The minimum Gasteiger partial charge on any atom is -0.409 e. The molecule has 0 amide bonds. The van der Waals surface area contributed by atoms with Gasteiger partial charge in [0.2, 0.25) is 0 Å². The van der Waals surface area contributed by atoms with Gasteiger partial charge in [-0.1, -0.05) is 5.16 Å². The highest BCUT2D eigenvalue weighted by Gasteiger charge is 2.26. The number of hydrogen-bond acceptors (Lipinski definition) is 4. The molecule has 0 unspecified atom stereocenters. The van der Waals surface area contributed by atoms with Crippen molar-refractivity contribution in [3.05, 3.63) is 29.6 Å². The molecule has 100 valence electrons. The van der Waals surface area contributed by atoms with Crippen LogP contribution >= 0.6 is 0 Å². The smallest absolute Gasteiger partial charge is 0.391 e. The topological polar surface area (TPSA) is 80.7 Å². The molecule has 0 atom stereocenters. The molecule has 0 spiro atoms. The molecule has 1 rings (SSSR count). The Morgan fingerprint density at radius 2 is 2.22 bits per heavy atom. The normalized spacial score (nSPS) is 12.7. The average Bonchev–Trinajstić information content (AvgIpc) is 2.33. The Morgan fingerprint density at radius 3 is 2.83 bits per heavy atom. The molecule has 1 heterocycles. The molecule has 0 aromatic carbocycles. The van der Waals surface area contributed by atoms with E-state index in [1.165, 1.54) is 12.3 Å². The van der Waals surface area contributed by atoms with E-state index in [1.807, 2.05) is 0 Å². The van der Waals surface area contributed by atoms with Crippen molar-refractivity contribution in [2.75, 3.05) is 6.61 Å². The lowest BCUT2D eigenvalue weighted by molar-refractivity contribution is -0.146. The number of pyridine rings is 1. The number of alkyl halides is 3. The van der Waals surface area contributed by atoms with Crippen molar-refractivity contribution in [3.63, 3.8) is 0 Å². The fourth-order valence-corrected chi connectivity index (χ4v) is 1.13. The first-order chi connectivity index (χ1) is 8.42. The predicted molar refractivity (Wildman–Crippen MR) is 57.1 cm³/mol. The van der Waals surface area contributed by atoms with E-state index < -0.39 is 19.2 Å². The summed E-state index contributed by atoms with van der Waals surface area (Å²) >= 11 is 0. The molecule has 8 heteroatoms. The van der Waals surface area contributed by atoms with Gasteiger partial charge in [-0.05, 0) is 17.7 Å². The first-order valence-corrected chi connectivity index (χ1v) is 4.99. The monoisotopic (exact) mass is 263 g/mol. The lowest BCUT2D eigenvalue weighted by atomic mass is 10.2. The van der Waals surface area contributed by atoms with Crippen LogP contribution in [0, 0.1) is 0 Å². The van der Waals surface area contributed by atoms with Crippen molar-refractivity contribution in [1.29, 1.82) is 0 Å². The Balaban J connectivity index is 2.48. The number of hydrogen-bond donors (Lipinski definition) is 2. The van der Waals surface area contributed by atoms with Crippen LogP contribution in [-0.2, 0) is 11.3 Å². The fourth-order valence-electron chi connectivity index (χ4n) is 1.13. The third-order valence-corrected chi connectivity index (χ3v) is 1.99. The van der Waals surface area contributed by atoms with E-state index in [4.69, 9.17) is 15.7 Å². The van der Waals surface area contributed by atoms with Crippen LogP contribution in [-0.4, -0.2) is 28.8 Å². The largest absolute Gasteiger partial charge is 0.409 e. The van der Waals surface area contributed by atoms with E-state index in [1.54, 1.807) is 6.07 Å². The number of aromatic nitrogens is 1. The van der Waals surface area contributed by atoms with E-state index >= 15 is 0 Å². The van der Waals surface area contributed by atoms with Crippen LogP contribution in [0.4, 0.5) is 13.2 Å². The summed E-state index contributed by atoms with van der Waals surface area (Å²) in [7, 11) is 0. The maximum absolute atomic E-state index is 11.8. The molecule has 0 saturated carbocycles. The number of ether oxygens (including phenoxy) is 1. The molecular formula is C10H12F3N3O2. The molecule has 0 fully saturated rings. The molecule has 1 aromatic rings. The Kier molecular flexibility index (Phi) is 4.90. The maximum Gasteiger partial charge on any atom is 0.391 e. The molecule has 0 radical (unpaired) electrons. The molecule has 0 aliphatic heterocycles. The minimum atomic E-state index is -4.22. The molecule has 3 N–H and O–H groups in total. The average molecular weight is 263 g/mol. The Labute approximate surface area is 101 Å². The van der Waals surface area contributed by atoms with Gasteiger partial charge in [0, 0.05) is 6.20 Å². The summed E-state index contributed by atoms with van der Waals surface area (Å²) in [5.74, 6) is -0.174. The summed E-state index contributed by atoms with van der Waals surface area (Å²) in [6, 6.07) is 3.05. The highest BCUT2D eigenvalue weighted by Crippen LogP contribution is 2.19. The number of halogens is 3. The zero-order valence-electron chi connectivity index (χ0n) is 9.31. The summed E-state index contributed by atoms with van der Waals surface area (Å²) in [5, 5.41) is 11.2. The van der Waals surface area contributed by atoms with Gasteiger partial charge in [0.15, 0.2) is 5.84 Å². The van der Waals surface area contributed by atoms with Crippen LogP contribution in [0.5, 0.6) is 0 Å². The standard InChI is InChI=1S/C10H12F3N3O2/c11-10(12,13)2-4-18-6-7-1-3-15-8(5-7)9(14)16-17/h1,3,5,17H,2,4,6H2,(H2,14,16). The van der Waals surface area contributed by atoms with Gasteiger partial charge in [-0.15, -0.1) is 0 Å². The highest BCUT2D eigenvalue weighted by molar-refractivity contribution is 5.95. The zero-order valence-corrected chi connectivity index (χ0v) is 9.31. The van der Waals surface area contributed by atoms with Crippen LogP contribution in [0.1, 0.15) is 17.7 Å². The number of nitrogens with zero attached hydrogens (tertiary/aromatic N) is 2. The Morgan fingerprint density at radius 1 is 1.50 bits per heavy atom. The SMILES string of the molecule is N/C(=N/O)c1cc(COCCC(F)(F)F)ccn1. The van der Waals surface area contributed by atoms with Gasteiger partial charge < -0.3 is 15.7 Å². The van der Waals surface area contributed by atoms with Crippen LogP contribution in [0.15, 0.2) is 23.5 Å². The molecule has 5 nitrogen and oxygen atoms in total. The van der Waals surface area contributed by atoms with Gasteiger partial charge in [-0.2, -0.15) is 13.2 Å². The maximum atomic E-state index is 11.8. The van der Waals surface area contributed by atoms with Crippen molar-refractivity contribution in [2.45, 2.75) is 19.2 Å². The Hall–Kier alpha value is -1.83. The fraction of sp³-hybridized carbons (Fsp3) is 0.400. The minimum absolute atomic E-state index is 0.00427. The molecule has 0 aliphatic carbocycles. The summed E-state index contributed by atoms with van der Waals surface area (Å²) < 4.78 is 40.4. The van der Waals surface area contributed by atoms with Crippen molar-refractivity contribution in [2.24, 2.45) is 10.9 Å². The van der Waals surface area contributed by atoms with Gasteiger partial charge in [0.05, 0.1) is 19.6 Å². The van der Waals surface area contributed by atoms with Crippen molar-refractivity contribution in [1.82, 2.24) is 4.98 Å². The van der Waals surface area contributed by atoms with E-state index in [-0.39, 0.29) is 18.1 Å². The van der Waals surface area contributed by atoms with E-state index in [2.05, 4.69) is 10.1 Å². The molecule has 1 aromatic heterocycles. The van der Waals surface area contributed by atoms with Gasteiger partial charge in [-0.25, -0.2) is 0 Å². The number of rotatable bonds is 5. The van der Waals surface area contributed by atoms with Crippen LogP contribution in [0.3, 0.4) is 0 Å². The second-order valence-electron chi connectivity index (χ2n) is 3.45. The van der Waals surface area contributed by atoms with Gasteiger partial charge in [-0.3, -0.25) is 4.98 Å². The third kappa shape index (κ3) is 5.00. The zero-order chi connectivity index (χ0) is 13.6. The Bertz CT molecular complexity index is 421. The second-order valence-corrected chi connectivity index (χ2v) is 3.45. The molecular weight excluding hydrogens is 251 g/mol. The lowest BCUT2D eigenvalue weighted by Gasteiger charge is -2.07. The van der Waals surface area contributed by atoms with Crippen molar-refractivity contribution >= 4 is 5.84 Å². The van der Waals surface area contributed by atoms with E-state index in [0.29, 0.717) is 5.56 Å².